The standard InChI is InChI=1S/C4H9IO3/c6-4-2-1-3-5(7)8/h6H,1-4H2. The van der Waals surface area contributed by atoms with E-state index in [-0.39, 0.29) is 6.61 Å². The highest BCUT2D eigenvalue weighted by molar-refractivity contribution is 14.2. The Morgan fingerprint density at radius 2 is 1.88 bits per heavy atom. The monoisotopic (exact) mass is 232 g/mol. The summed E-state index contributed by atoms with van der Waals surface area (Å²) in [6.45, 7) is 0.101. The maximum Gasteiger partial charge on any atom is 0.307 e. The zero-order valence-electron chi connectivity index (χ0n) is 4.47. The maximum atomic E-state index is 9.92. The molecule has 0 aromatic heterocycles. The van der Waals surface area contributed by atoms with E-state index in [9.17, 15) is 6.14 Å². The number of unbranched alkanes of at least 4 members (excludes halogenated alkanes) is 1. The summed E-state index contributed by atoms with van der Waals surface area (Å²) in [7, 11) is 0. The Labute approximate surface area is 55.2 Å². The second-order valence-electron chi connectivity index (χ2n) is 1.40. The van der Waals surface area contributed by atoms with E-state index in [1.807, 2.05) is 0 Å². The van der Waals surface area contributed by atoms with E-state index in [4.69, 9.17) is 5.11 Å². The van der Waals surface area contributed by atoms with E-state index < -0.39 is 19.8 Å². The molecule has 50 valence electrons. The molecule has 0 heterocycles. The van der Waals surface area contributed by atoms with Crippen molar-refractivity contribution in [3.05, 3.63) is 0 Å². The molecule has 8 heavy (non-hydrogen) atoms. The molecule has 1 N–H and O–H groups in total. The first-order valence-corrected chi connectivity index (χ1v) is 5.68. The minimum atomic E-state index is -2.95. The topological polar surface area (TPSA) is 54.4 Å². The lowest BCUT2D eigenvalue weighted by Gasteiger charge is -1.85. The zero-order valence-corrected chi connectivity index (χ0v) is 6.63. The summed E-state index contributed by atoms with van der Waals surface area (Å²) in [5.74, 6) is 0. The lowest BCUT2D eigenvalue weighted by Crippen LogP contribution is -1.82. The van der Waals surface area contributed by atoms with Gasteiger partial charge in [-0.25, -0.2) is 6.14 Å². The second kappa shape index (κ2) is 5.43. The molecule has 0 saturated carbocycles. The molecule has 0 unspecified atom stereocenters. The molecule has 0 spiro atoms. The SMILES string of the molecule is O=I(=O)CCCCO. The molecule has 0 atom stereocenters. The Morgan fingerprint density at radius 3 is 2.25 bits per heavy atom. The van der Waals surface area contributed by atoms with Crippen LogP contribution in [0.3, 0.4) is 0 Å². The molecular weight excluding hydrogens is 223 g/mol. The van der Waals surface area contributed by atoms with Gasteiger partial charge in [0, 0.05) is 6.61 Å². The van der Waals surface area contributed by atoms with E-state index in [0.29, 0.717) is 17.3 Å². The van der Waals surface area contributed by atoms with Crippen LogP contribution in [0.15, 0.2) is 0 Å². The summed E-state index contributed by atoms with van der Waals surface area (Å²) < 4.78 is 20.1. The largest absolute Gasteiger partial charge is 0.396 e. The predicted octanol–water partition coefficient (Wildman–Crippen LogP) is 0.956. The van der Waals surface area contributed by atoms with Gasteiger partial charge in [-0.2, -0.15) is 0 Å². The smallest absolute Gasteiger partial charge is 0.307 e. The van der Waals surface area contributed by atoms with Crippen LogP contribution in [-0.4, -0.2) is 16.1 Å². The molecule has 0 rings (SSSR count). The van der Waals surface area contributed by atoms with E-state index in [2.05, 4.69) is 0 Å². The lowest BCUT2D eigenvalue weighted by atomic mass is 10.4. The number of aliphatic hydroxyl groups is 1. The Morgan fingerprint density at radius 1 is 1.25 bits per heavy atom. The number of hydrogen-bond donors (Lipinski definition) is 1. The van der Waals surface area contributed by atoms with Gasteiger partial charge >= 0.3 is 19.8 Å². The fourth-order valence-corrected chi connectivity index (χ4v) is 1.48. The van der Waals surface area contributed by atoms with Crippen LogP contribution >= 0.6 is 19.8 Å². The van der Waals surface area contributed by atoms with Gasteiger partial charge in [0.05, 0.1) is 4.43 Å². The van der Waals surface area contributed by atoms with Crippen LogP contribution in [0.4, 0.5) is 0 Å². The number of alkyl halides is 1. The second-order valence-corrected chi connectivity index (χ2v) is 4.08. The number of hydrogen-bond acceptors (Lipinski definition) is 3. The highest BCUT2D eigenvalue weighted by atomic mass is 127. The van der Waals surface area contributed by atoms with Crippen LogP contribution in [-0.2, 0) is 6.14 Å². The summed E-state index contributed by atoms with van der Waals surface area (Å²) in [4.78, 5) is 0. The van der Waals surface area contributed by atoms with E-state index in [0.717, 1.165) is 0 Å². The number of aliphatic hydroxyl groups excluding tert-OH is 1. The van der Waals surface area contributed by atoms with E-state index in [1.54, 1.807) is 0 Å². The molecule has 3 nitrogen and oxygen atoms in total. The van der Waals surface area contributed by atoms with Crippen LogP contribution in [0.2, 0.25) is 0 Å². The molecule has 0 saturated heterocycles. The van der Waals surface area contributed by atoms with Crippen LogP contribution in [0.1, 0.15) is 12.8 Å². The normalized spacial score (nSPS) is 10.2. The van der Waals surface area contributed by atoms with Crippen molar-refractivity contribution in [1.29, 1.82) is 0 Å². The first-order chi connectivity index (χ1) is 3.77. The van der Waals surface area contributed by atoms with Crippen LogP contribution in [0.25, 0.3) is 0 Å². The van der Waals surface area contributed by atoms with E-state index in [1.165, 1.54) is 0 Å². The van der Waals surface area contributed by atoms with Crippen molar-refractivity contribution in [2.75, 3.05) is 11.0 Å². The van der Waals surface area contributed by atoms with Crippen LogP contribution in [0, 0.1) is 0 Å². The van der Waals surface area contributed by atoms with Crippen molar-refractivity contribution in [1.82, 2.24) is 0 Å². The Hall–Kier alpha value is 0.290. The molecule has 4 heteroatoms. The van der Waals surface area contributed by atoms with Crippen molar-refractivity contribution < 1.29 is 11.2 Å². The zero-order chi connectivity index (χ0) is 6.41. The molecule has 0 amide bonds. The van der Waals surface area contributed by atoms with E-state index >= 15 is 0 Å². The third-order valence-electron chi connectivity index (χ3n) is 0.696. The fraction of sp³-hybridized carbons (Fsp3) is 1.00. The molecule has 0 aromatic rings. The van der Waals surface area contributed by atoms with Crippen molar-refractivity contribution >= 4 is 19.8 Å². The minimum Gasteiger partial charge on any atom is -0.396 e. The summed E-state index contributed by atoms with van der Waals surface area (Å²) in [5, 5.41) is 8.19. The Balaban J connectivity index is 2.94. The minimum absolute atomic E-state index is 0.101. The average Bonchev–Trinajstić information content (AvgIpc) is 1.66. The summed E-state index contributed by atoms with van der Waals surface area (Å²) in [5.41, 5.74) is 0. The average molecular weight is 232 g/mol. The summed E-state index contributed by atoms with van der Waals surface area (Å²) >= 11 is -2.95. The van der Waals surface area contributed by atoms with Gasteiger partial charge in [0.15, 0.2) is 0 Å². The highest BCUT2D eigenvalue weighted by Crippen LogP contribution is 2.06. The Bertz CT molecular complexity index is 99.9. The molecule has 0 aliphatic heterocycles. The predicted molar refractivity (Wildman–Crippen MR) is 36.6 cm³/mol. The lowest BCUT2D eigenvalue weighted by molar-refractivity contribution is 0.288. The molecule has 0 radical (unpaired) electrons. The first kappa shape index (κ1) is 8.29. The van der Waals surface area contributed by atoms with Crippen molar-refractivity contribution in [2.45, 2.75) is 12.8 Å². The molecule has 0 aliphatic carbocycles. The fourth-order valence-electron chi connectivity index (χ4n) is 0.315. The van der Waals surface area contributed by atoms with Gasteiger partial charge in [-0.05, 0) is 12.8 Å². The van der Waals surface area contributed by atoms with Gasteiger partial charge in [-0.3, -0.25) is 0 Å². The van der Waals surface area contributed by atoms with Crippen LogP contribution < -0.4 is 0 Å². The summed E-state index contributed by atoms with van der Waals surface area (Å²) in [6.07, 6.45) is 1.23. The molecule has 0 aliphatic rings. The molecular formula is C4H9IO3. The molecule has 0 fully saturated rings. The molecule has 0 aromatic carbocycles. The maximum absolute atomic E-state index is 9.92. The number of halogens is 1. The van der Waals surface area contributed by atoms with Gasteiger partial charge in [0.1, 0.15) is 0 Å². The third kappa shape index (κ3) is 6.29. The quantitative estimate of drug-likeness (QED) is 0.446. The van der Waals surface area contributed by atoms with Crippen molar-refractivity contribution in [3.8, 4) is 0 Å². The summed E-state index contributed by atoms with van der Waals surface area (Å²) in [6, 6.07) is 0. The van der Waals surface area contributed by atoms with Gasteiger partial charge in [0.2, 0.25) is 0 Å². The molecule has 0 bridgehead atoms. The van der Waals surface area contributed by atoms with Gasteiger partial charge in [0.25, 0.3) is 0 Å². The number of rotatable bonds is 4. The third-order valence-corrected chi connectivity index (χ3v) is 2.34. The van der Waals surface area contributed by atoms with Crippen molar-refractivity contribution in [3.63, 3.8) is 0 Å². The first-order valence-electron chi connectivity index (χ1n) is 2.39. The van der Waals surface area contributed by atoms with Crippen LogP contribution in [0.5, 0.6) is 0 Å². The van der Waals surface area contributed by atoms with Gasteiger partial charge < -0.3 is 5.11 Å². The van der Waals surface area contributed by atoms with Crippen molar-refractivity contribution in [2.24, 2.45) is 0 Å². The Kier molecular flexibility index (Phi) is 5.62. The highest BCUT2D eigenvalue weighted by Gasteiger charge is 1.89. The van der Waals surface area contributed by atoms with Gasteiger partial charge in [-0.15, -0.1) is 0 Å². The van der Waals surface area contributed by atoms with Gasteiger partial charge in [-0.1, -0.05) is 0 Å².